The Balaban J connectivity index is 2.28. The van der Waals surface area contributed by atoms with Crippen LogP contribution in [-0.2, 0) is 4.79 Å². The van der Waals surface area contributed by atoms with Gasteiger partial charge in [-0.05, 0) is 43.7 Å². The van der Waals surface area contributed by atoms with Crippen LogP contribution in [0.2, 0.25) is 0 Å². The zero-order valence-corrected chi connectivity index (χ0v) is 11.1. The van der Waals surface area contributed by atoms with E-state index in [1.807, 2.05) is 42.3 Å². The van der Waals surface area contributed by atoms with E-state index in [0.29, 0.717) is 5.92 Å². The molecule has 1 aromatic carbocycles. The van der Waals surface area contributed by atoms with E-state index >= 15 is 0 Å². The third-order valence-electron chi connectivity index (χ3n) is 4.29. The minimum atomic E-state index is -0.728. The Kier molecular flexibility index (Phi) is 3.60. The van der Waals surface area contributed by atoms with Gasteiger partial charge in [-0.3, -0.25) is 0 Å². The Labute approximate surface area is 108 Å². The molecular weight excluding hydrogens is 226 g/mol. The normalized spacial score (nSPS) is 27.8. The van der Waals surface area contributed by atoms with E-state index in [9.17, 15) is 9.90 Å². The van der Waals surface area contributed by atoms with Crippen LogP contribution < -0.4 is 4.90 Å². The maximum absolute atomic E-state index is 11.8. The van der Waals surface area contributed by atoms with Crippen LogP contribution in [0.3, 0.4) is 0 Å². The van der Waals surface area contributed by atoms with Crippen molar-refractivity contribution < 1.29 is 9.90 Å². The molecule has 3 heteroatoms. The molecule has 1 aromatic rings. The number of carboxylic acids is 1. The highest BCUT2D eigenvalue weighted by Gasteiger charge is 2.44. The molecule has 0 radical (unpaired) electrons. The smallest absolute Gasteiger partial charge is 0.329 e. The van der Waals surface area contributed by atoms with Gasteiger partial charge in [0.1, 0.15) is 5.54 Å². The third-order valence-corrected chi connectivity index (χ3v) is 4.29. The van der Waals surface area contributed by atoms with Gasteiger partial charge in [0.2, 0.25) is 0 Å². The predicted octanol–water partition coefficient (Wildman–Crippen LogP) is 3.16. The van der Waals surface area contributed by atoms with E-state index in [1.165, 1.54) is 0 Å². The highest BCUT2D eigenvalue weighted by Crippen LogP contribution is 2.38. The number of benzene rings is 1. The van der Waals surface area contributed by atoms with Crippen molar-refractivity contribution in [2.75, 3.05) is 11.9 Å². The monoisotopic (exact) mass is 247 g/mol. The van der Waals surface area contributed by atoms with Crippen LogP contribution >= 0.6 is 0 Å². The Hall–Kier alpha value is -1.51. The van der Waals surface area contributed by atoms with Crippen molar-refractivity contribution in [1.82, 2.24) is 0 Å². The summed E-state index contributed by atoms with van der Waals surface area (Å²) in [7, 11) is 1.90. The molecule has 0 unspecified atom stereocenters. The Bertz CT molecular complexity index is 408. The van der Waals surface area contributed by atoms with Crippen LogP contribution in [0.4, 0.5) is 5.69 Å². The van der Waals surface area contributed by atoms with Crippen LogP contribution in [-0.4, -0.2) is 23.7 Å². The van der Waals surface area contributed by atoms with Crippen LogP contribution in [0, 0.1) is 5.92 Å². The second kappa shape index (κ2) is 5.01. The molecule has 0 amide bonds. The number of para-hydroxylation sites is 1. The summed E-state index contributed by atoms with van der Waals surface area (Å²) in [5.41, 5.74) is 0.253. The molecule has 1 fully saturated rings. The van der Waals surface area contributed by atoms with Crippen molar-refractivity contribution in [3.63, 3.8) is 0 Å². The first-order valence-corrected chi connectivity index (χ1v) is 6.58. The molecule has 3 nitrogen and oxygen atoms in total. The molecule has 1 aliphatic carbocycles. The lowest BCUT2D eigenvalue weighted by molar-refractivity contribution is -0.145. The number of rotatable bonds is 3. The lowest BCUT2D eigenvalue weighted by atomic mass is 9.76. The summed E-state index contributed by atoms with van der Waals surface area (Å²) >= 11 is 0. The number of carboxylic acid groups (broad SMARTS) is 1. The molecule has 0 aliphatic heterocycles. The quantitative estimate of drug-likeness (QED) is 0.892. The molecule has 18 heavy (non-hydrogen) atoms. The van der Waals surface area contributed by atoms with Gasteiger partial charge in [0.25, 0.3) is 0 Å². The zero-order chi connectivity index (χ0) is 13.2. The fourth-order valence-corrected chi connectivity index (χ4v) is 2.83. The van der Waals surface area contributed by atoms with Gasteiger partial charge in [-0.25, -0.2) is 4.79 Å². The van der Waals surface area contributed by atoms with E-state index < -0.39 is 11.5 Å². The van der Waals surface area contributed by atoms with Crippen molar-refractivity contribution in [2.45, 2.75) is 38.1 Å². The van der Waals surface area contributed by atoms with Gasteiger partial charge in [0, 0.05) is 12.7 Å². The van der Waals surface area contributed by atoms with Crippen molar-refractivity contribution in [1.29, 1.82) is 0 Å². The fourth-order valence-electron chi connectivity index (χ4n) is 2.83. The summed E-state index contributed by atoms with van der Waals surface area (Å²) in [6.07, 6.45) is 3.44. The summed E-state index contributed by atoms with van der Waals surface area (Å²) in [5, 5.41) is 9.67. The van der Waals surface area contributed by atoms with Gasteiger partial charge in [-0.1, -0.05) is 25.1 Å². The SMILES string of the molecule is CC1CCC(C(=O)O)(N(C)c2ccccc2)CC1. The van der Waals surface area contributed by atoms with Gasteiger partial charge in [0.05, 0.1) is 0 Å². The van der Waals surface area contributed by atoms with Crippen molar-refractivity contribution >= 4 is 11.7 Å². The van der Waals surface area contributed by atoms with Crippen LogP contribution in [0.1, 0.15) is 32.6 Å². The maximum atomic E-state index is 11.8. The molecule has 0 atom stereocenters. The largest absolute Gasteiger partial charge is 0.479 e. The van der Waals surface area contributed by atoms with Gasteiger partial charge in [-0.2, -0.15) is 0 Å². The third kappa shape index (κ3) is 2.22. The van der Waals surface area contributed by atoms with Gasteiger partial charge in [-0.15, -0.1) is 0 Å². The highest BCUT2D eigenvalue weighted by molar-refractivity contribution is 5.83. The summed E-state index contributed by atoms with van der Waals surface area (Å²) in [6, 6.07) is 9.80. The number of nitrogens with zero attached hydrogens (tertiary/aromatic N) is 1. The number of hydrogen-bond acceptors (Lipinski definition) is 2. The first kappa shape index (κ1) is 12.9. The number of carbonyl (C=O) groups is 1. The summed E-state index contributed by atoms with van der Waals surface area (Å²) in [4.78, 5) is 13.7. The van der Waals surface area contributed by atoms with Gasteiger partial charge < -0.3 is 10.0 Å². The van der Waals surface area contributed by atoms with Crippen LogP contribution in [0.5, 0.6) is 0 Å². The number of hydrogen-bond donors (Lipinski definition) is 1. The maximum Gasteiger partial charge on any atom is 0.329 e. The molecule has 98 valence electrons. The second-order valence-corrected chi connectivity index (χ2v) is 5.41. The average Bonchev–Trinajstić information content (AvgIpc) is 2.40. The van der Waals surface area contributed by atoms with E-state index in [1.54, 1.807) is 0 Å². The minimum absolute atomic E-state index is 0.640. The van der Waals surface area contributed by atoms with Crippen molar-refractivity contribution in [3.05, 3.63) is 30.3 Å². The lowest BCUT2D eigenvalue weighted by Gasteiger charge is -2.43. The molecule has 0 heterocycles. The first-order chi connectivity index (χ1) is 8.56. The molecule has 0 spiro atoms. The standard InChI is InChI=1S/C15H21NO2/c1-12-8-10-15(11-9-12,14(17)18)16(2)13-6-4-3-5-7-13/h3-7,12H,8-11H2,1-2H3,(H,17,18). The molecule has 1 aliphatic rings. The molecule has 2 rings (SSSR count). The molecule has 1 N–H and O–H groups in total. The van der Waals surface area contributed by atoms with E-state index in [4.69, 9.17) is 0 Å². The Morgan fingerprint density at radius 2 is 1.83 bits per heavy atom. The number of likely N-dealkylation sites (N-methyl/N-ethyl adjacent to an activating group) is 1. The van der Waals surface area contributed by atoms with E-state index in [2.05, 4.69) is 6.92 Å². The van der Waals surface area contributed by atoms with Crippen molar-refractivity contribution in [2.24, 2.45) is 5.92 Å². The summed E-state index contributed by atoms with van der Waals surface area (Å²) < 4.78 is 0. The van der Waals surface area contributed by atoms with E-state index in [-0.39, 0.29) is 0 Å². The first-order valence-electron chi connectivity index (χ1n) is 6.58. The molecular formula is C15H21NO2. The van der Waals surface area contributed by atoms with Crippen molar-refractivity contribution in [3.8, 4) is 0 Å². The minimum Gasteiger partial charge on any atom is -0.479 e. The Morgan fingerprint density at radius 1 is 1.28 bits per heavy atom. The number of anilines is 1. The predicted molar refractivity (Wildman–Crippen MR) is 72.8 cm³/mol. The average molecular weight is 247 g/mol. The second-order valence-electron chi connectivity index (χ2n) is 5.41. The summed E-state index contributed by atoms with van der Waals surface area (Å²) in [6.45, 7) is 2.20. The topological polar surface area (TPSA) is 40.5 Å². The molecule has 0 aromatic heterocycles. The van der Waals surface area contributed by atoms with Crippen LogP contribution in [0.15, 0.2) is 30.3 Å². The van der Waals surface area contributed by atoms with Gasteiger partial charge >= 0.3 is 5.97 Å². The molecule has 0 saturated heterocycles. The molecule has 1 saturated carbocycles. The highest BCUT2D eigenvalue weighted by atomic mass is 16.4. The lowest BCUT2D eigenvalue weighted by Crippen LogP contribution is -2.55. The number of aliphatic carboxylic acids is 1. The fraction of sp³-hybridized carbons (Fsp3) is 0.533. The molecule has 0 bridgehead atoms. The zero-order valence-electron chi connectivity index (χ0n) is 11.1. The van der Waals surface area contributed by atoms with Crippen LogP contribution in [0.25, 0.3) is 0 Å². The Morgan fingerprint density at radius 3 is 2.33 bits per heavy atom. The summed E-state index contributed by atoms with van der Waals surface area (Å²) in [5.74, 6) is -0.0533. The van der Waals surface area contributed by atoms with E-state index in [0.717, 1.165) is 31.4 Å². The van der Waals surface area contributed by atoms with Gasteiger partial charge in [0.15, 0.2) is 0 Å².